The fraction of sp³-hybridized carbons (Fsp3) is 0.571. The number of alkyl halides is 3. The van der Waals surface area contributed by atoms with E-state index >= 15 is 0 Å². The maximum Gasteiger partial charge on any atom is 0.416 e. The van der Waals surface area contributed by atoms with Crippen molar-refractivity contribution in [2.75, 3.05) is 32.7 Å². The first-order valence-electron chi connectivity index (χ1n) is 6.83. The molecule has 3 rings (SSSR count). The third kappa shape index (κ3) is 2.97. The maximum atomic E-state index is 13.0. The molecular formula is C14H17F3N2S. The van der Waals surface area contributed by atoms with Gasteiger partial charge < -0.3 is 5.32 Å². The molecule has 1 aromatic rings. The molecule has 0 aromatic heterocycles. The van der Waals surface area contributed by atoms with Gasteiger partial charge in [-0.25, -0.2) is 0 Å². The van der Waals surface area contributed by atoms with Gasteiger partial charge in [0.05, 0.1) is 5.56 Å². The quantitative estimate of drug-likeness (QED) is 0.904. The smallest absolute Gasteiger partial charge is 0.314 e. The molecule has 1 atom stereocenters. The summed E-state index contributed by atoms with van der Waals surface area (Å²) >= 11 is 1.60. The molecular weight excluding hydrogens is 285 g/mol. The monoisotopic (exact) mass is 302 g/mol. The van der Waals surface area contributed by atoms with Crippen LogP contribution in [-0.4, -0.2) is 42.9 Å². The lowest BCUT2D eigenvalue weighted by molar-refractivity contribution is -0.138. The summed E-state index contributed by atoms with van der Waals surface area (Å²) in [5.74, 6) is 0. The van der Waals surface area contributed by atoms with E-state index in [9.17, 15) is 13.2 Å². The van der Waals surface area contributed by atoms with Crippen molar-refractivity contribution in [1.82, 2.24) is 10.2 Å². The lowest BCUT2D eigenvalue weighted by Gasteiger charge is -2.29. The topological polar surface area (TPSA) is 15.3 Å². The zero-order valence-electron chi connectivity index (χ0n) is 11.0. The van der Waals surface area contributed by atoms with Crippen molar-refractivity contribution in [3.05, 3.63) is 29.3 Å². The second kappa shape index (κ2) is 5.58. The van der Waals surface area contributed by atoms with E-state index in [2.05, 4.69) is 10.2 Å². The number of hydrogen-bond donors (Lipinski definition) is 1. The average molecular weight is 302 g/mol. The highest BCUT2D eigenvalue weighted by molar-refractivity contribution is 8.00. The van der Waals surface area contributed by atoms with Crippen LogP contribution in [0.15, 0.2) is 23.1 Å². The molecule has 2 aliphatic heterocycles. The number of hydrogen-bond acceptors (Lipinski definition) is 3. The van der Waals surface area contributed by atoms with E-state index in [1.165, 1.54) is 12.1 Å². The number of halogens is 3. The summed E-state index contributed by atoms with van der Waals surface area (Å²) in [5.41, 5.74) is 0.0374. The Morgan fingerprint density at radius 1 is 1.25 bits per heavy atom. The van der Waals surface area contributed by atoms with Crippen LogP contribution in [0.2, 0.25) is 0 Å². The molecule has 2 nitrogen and oxygen atoms in total. The number of nitrogens with one attached hydrogen (secondary N) is 1. The summed E-state index contributed by atoms with van der Waals surface area (Å²) in [4.78, 5) is 3.15. The lowest BCUT2D eigenvalue weighted by Crippen LogP contribution is -2.45. The summed E-state index contributed by atoms with van der Waals surface area (Å²) < 4.78 is 39.0. The largest absolute Gasteiger partial charge is 0.416 e. The van der Waals surface area contributed by atoms with Gasteiger partial charge >= 0.3 is 6.18 Å². The molecule has 2 heterocycles. The third-order valence-electron chi connectivity index (χ3n) is 3.84. The van der Waals surface area contributed by atoms with Crippen LogP contribution in [0.5, 0.6) is 0 Å². The van der Waals surface area contributed by atoms with Gasteiger partial charge in [-0.05, 0) is 24.1 Å². The second-order valence-electron chi connectivity index (χ2n) is 5.27. The maximum absolute atomic E-state index is 13.0. The van der Waals surface area contributed by atoms with Crippen molar-refractivity contribution in [1.29, 1.82) is 0 Å². The lowest BCUT2D eigenvalue weighted by atomic mass is 10.0. The van der Waals surface area contributed by atoms with Crippen molar-refractivity contribution < 1.29 is 13.2 Å². The molecule has 0 aliphatic carbocycles. The van der Waals surface area contributed by atoms with Crippen LogP contribution in [0.3, 0.4) is 0 Å². The fourth-order valence-electron chi connectivity index (χ4n) is 2.88. The predicted molar refractivity (Wildman–Crippen MR) is 74.1 cm³/mol. The van der Waals surface area contributed by atoms with Crippen LogP contribution in [0.4, 0.5) is 13.2 Å². The zero-order chi connectivity index (χ0) is 14.2. The number of fused-ring (bicyclic) bond motifs is 1. The van der Waals surface area contributed by atoms with Crippen molar-refractivity contribution in [2.24, 2.45) is 0 Å². The highest BCUT2D eigenvalue weighted by Crippen LogP contribution is 2.43. The Morgan fingerprint density at radius 3 is 2.70 bits per heavy atom. The standard InChI is InChI=1S/C14H17F3N2S/c15-14(16,17)12-2-1-3-13-11(12)8-10(20-13)9-19-6-4-18-5-7-19/h1-3,10,18H,4-9H2. The highest BCUT2D eigenvalue weighted by Gasteiger charge is 2.37. The third-order valence-corrected chi connectivity index (χ3v) is 5.12. The van der Waals surface area contributed by atoms with Gasteiger partial charge in [0, 0.05) is 42.9 Å². The molecule has 1 aromatic carbocycles. The first kappa shape index (κ1) is 14.2. The van der Waals surface area contributed by atoms with E-state index in [0.717, 1.165) is 37.6 Å². The van der Waals surface area contributed by atoms with E-state index in [1.54, 1.807) is 11.8 Å². The molecule has 0 saturated carbocycles. The molecule has 110 valence electrons. The van der Waals surface area contributed by atoms with Gasteiger partial charge in [-0.2, -0.15) is 13.2 Å². The van der Waals surface area contributed by atoms with Gasteiger partial charge in [-0.1, -0.05) is 6.07 Å². The molecule has 0 radical (unpaired) electrons. The molecule has 1 N–H and O–H groups in total. The second-order valence-corrected chi connectivity index (χ2v) is 6.62. The van der Waals surface area contributed by atoms with E-state index in [4.69, 9.17) is 0 Å². The van der Waals surface area contributed by atoms with Gasteiger partial charge in [0.2, 0.25) is 0 Å². The number of rotatable bonds is 2. The molecule has 0 amide bonds. The average Bonchev–Trinajstić information content (AvgIpc) is 2.80. The van der Waals surface area contributed by atoms with Crippen LogP contribution in [-0.2, 0) is 12.6 Å². The van der Waals surface area contributed by atoms with Crippen LogP contribution < -0.4 is 5.32 Å². The number of nitrogens with zero attached hydrogens (tertiary/aromatic N) is 1. The molecule has 0 spiro atoms. The minimum atomic E-state index is -4.24. The van der Waals surface area contributed by atoms with Crippen molar-refractivity contribution in [3.63, 3.8) is 0 Å². The summed E-state index contributed by atoms with van der Waals surface area (Å²) in [5, 5.41) is 3.53. The number of piperazine rings is 1. The van der Waals surface area contributed by atoms with Crippen LogP contribution in [0.1, 0.15) is 11.1 Å². The van der Waals surface area contributed by atoms with Gasteiger partial charge in [0.15, 0.2) is 0 Å². The summed E-state index contributed by atoms with van der Waals surface area (Å²) in [7, 11) is 0. The normalized spacial score (nSPS) is 23.9. The molecule has 1 saturated heterocycles. The SMILES string of the molecule is FC(F)(F)c1cccc2c1CC(CN1CCNCC1)S2. The minimum Gasteiger partial charge on any atom is -0.314 e. The highest BCUT2D eigenvalue weighted by atomic mass is 32.2. The summed E-state index contributed by atoms with van der Waals surface area (Å²) in [6.07, 6.45) is -3.71. The molecule has 1 unspecified atom stereocenters. The Labute approximate surface area is 120 Å². The van der Waals surface area contributed by atoms with E-state index < -0.39 is 11.7 Å². The van der Waals surface area contributed by atoms with E-state index in [0.29, 0.717) is 12.0 Å². The van der Waals surface area contributed by atoms with Crippen LogP contribution in [0.25, 0.3) is 0 Å². The van der Waals surface area contributed by atoms with Crippen molar-refractivity contribution in [2.45, 2.75) is 22.7 Å². The number of benzene rings is 1. The Bertz CT molecular complexity index is 484. The summed E-state index contributed by atoms with van der Waals surface area (Å²) in [6.45, 7) is 4.79. The molecule has 2 aliphatic rings. The Balaban J connectivity index is 1.72. The first-order chi connectivity index (χ1) is 9.54. The summed E-state index contributed by atoms with van der Waals surface area (Å²) in [6, 6.07) is 4.53. The first-order valence-corrected chi connectivity index (χ1v) is 7.71. The molecule has 6 heteroatoms. The Kier molecular flexibility index (Phi) is 3.97. The van der Waals surface area contributed by atoms with E-state index in [1.807, 2.05) is 6.07 Å². The molecule has 0 bridgehead atoms. The Hall–Kier alpha value is -0.720. The molecule has 20 heavy (non-hydrogen) atoms. The minimum absolute atomic E-state index is 0.242. The Morgan fingerprint density at radius 2 is 2.00 bits per heavy atom. The molecule has 1 fully saturated rings. The fourth-order valence-corrected chi connectivity index (χ4v) is 4.27. The zero-order valence-corrected chi connectivity index (χ0v) is 11.9. The van der Waals surface area contributed by atoms with Crippen LogP contribution in [0, 0.1) is 0 Å². The van der Waals surface area contributed by atoms with Crippen molar-refractivity contribution >= 4 is 11.8 Å². The predicted octanol–water partition coefficient (Wildman–Crippen LogP) is 2.63. The van der Waals surface area contributed by atoms with Gasteiger partial charge in [0.1, 0.15) is 0 Å². The van der Waals surface area contributed by atoms with Gasteiger partial charge in [-0.15, -0.1) is 11.8 Å². The van der Waals surface area contributed by atoms with Crippen molar-refractivity contribution in [3.8, 4) is 0 Å². The van der Waals surface area contributed by atoms with Gasteiger partial charge in [0.25, 0.3) is 0 Å². The van der Waals surface area contributed by atoms with Gasteiger partial charge in [-0.3, -0.25) is 4.90 Å². The number of thioether (sulfide) groups is 1. The van der Waals surface area contributed by atoms with Crippen LogP contribution >= 0.6 is 11.8 Å². The van der Waals surface area contributed by atoms with E-state index in [-0.39, 0.29) is 5.25 Å².